The van der Waals surface area contributed by atoms with Gasteiger partial charge in [-0.2, -0.15) is 0 Å². The van der Waals surface area contributed by atoms with Crippen molar-refractivity contribution in [1.29, 1.82) is 0 Å². The minimum atomic E-state index is -2.41. The Balaban J connectivity index is 1.93. The second kappa shape index (κ2) is 6.81. The molecule has 112 valence electrons. The van der Waals surface area contributed by atoms with Gasteiger partial charge in [-0.05, 0) is 17.2 Å². The summed E-state index contributed by atoms with van der Waals surface area (Å²) in [5.74, 6) is 0. The minimum absolute atomic E-state index is 0.00157. The molecule has 0 saturated carbocycles. The summed E-state index contributed by atoms with van der Waals surface area (Å²) < 4.78 is 25.3. The van der Waals surface area contributed by atoms with E-state index in [2.05, 4.69) is 31.3 Å². The van der Waals surface area contributed by atoms with Gasteiger partial charge in [-0.25, -0.2) is 8.78 Å². The van der Waals surface area contributed by atoms with Crippen LogP contribution in [-0.4, -0.2) is 6.54 Å². The van der Waals surface area contributed by atoms with E-state index in [1.165, 1.54) is 11.6 Å². The van der Waals surface area contributed by atoms with Crippen molar-refractivity contribution in [2.45, 2.75) is 32.2 Å². The van der Waals surface area contributed by atoms with Gasteiger partial charge < -0.3 is 5.32 Å². The lowest BCUT2D eigenvalue weighted by Gasteiger charge is -2.26. The number of benzene rings is 2. The van der Waals surface area contributed by atoms with Gasteiger partial charge in [-0.1, -0.05) is 62.4 Å². The van der Waals surface area contributed by atoms with Gasteiger partial charge in [0.05, 0.1) is 0 Å². The molecular weight excluding hydrogens is 268 g/mol. The molecule has 0 saturated heterocycles. The van der Waals surface area contributed by atoms with Crippen molar-refractivity contribution < 1.29 is 8.78 Å². The van der Waals surface area contributed by atoms with Crippen molar-refractivity contribution in [3.05, 3.63) is 71.3 Å². The Morgan fingerprint density at radius 3 is 2.38 bits per heavy atom. The van der Waals surface area contributed by atoms with Crippen LogP contribution in [0.3, 0.4) is 0 Å². The topological polar surface area (TPSA) is 12.0 Å². The molecule has 0 aliphatic heterocycles. The molecule has 3 heteroatoms. The molecule has 0 aliphatic rings. The third-order valence-electron chi connectivity index (χ3n) is 3.65. The fourth-order valence-electron chi connectivity index (χ4n) is 2.35. The van der Waals surface area contributed by atoms with Crippen molar-refractivity contribution in [2.24, 2.45) is 0 Å². The molecule has 0 aromatic heterocycles. The van der Waals surface area contributed by atoms with Crippen molar-refractivity contribution in [2.75, 3.05) is 6.54 Å². The Hall–Kier alpha value is -1.74. The van der Waals surface area contributed by atoms with Crippen LogP contribution in [0.2, 0.25) is 0 Å². The maximum atomic E-state index is 12.7. The first kappa shape index (κ1) is 15.6. The Labute approximate surface area is 125 Å². The predicted molar refractivity (Wildman–Crippen MR) is 82.6 cm³/mol. The Kier molecular flexibility index (Phi) is 5.07. The second-order valence-electron chi connectivity index (χ2n) is 5.90. The molecule has 1 nitrogen and oxygen atoms in total. The van der Waals surface area contributed by atoms with Gasteiger partial charge in [0.2, 0.25) is 0 Å². The summed E-state index contributed by atoms with van der Waals surface area (Å²) in [6.45, 7) is 5.72. The Morgan fingerprint density at radius 2 is 1.71 bits per heavy atom. The fourth-order valence-corrected chi connectivity index (χ4v) is 2.35. The summed E-state index contributed by atoms with van der Waals surface area (Å²) in [6.07, 6.45) is -2.41. The van der Waals surface area contributed by atoms with Crippen molar-refractivity contribution in [3.63, 3.8) is 0 Å². The van der Waals surface area contributed by atoms with Crippen LogP contribution < -0.4 is 5.32 Å². The van der Waals surface area contributed by atoms with Gasteiger partial charge in [-0.3, -0.25) is 0 Å². The van der Waals surface area contributed by atoms with Gasteiger partial charge in [0, 0.05) is 24.1 Å². The van der Waals surface area contributed by atoms with E-state index in [0.717, 1.165) is 12.1 Å². The smallest absolute Gasteiger partial charge is 0.263 e. The third kappa shape index (κ3) is 4.36. The van der Waals surface area contributed by atoms with Crippen molar-refractivity contribution >= 4 is 0 Å². The van der Waals surface area contributed by atoms with E-state index in [0.29, 0.717) is 6.54 Å². The first-order valence-electron chi connectivity index (χ1n) is 7.12. The van der Waals surface area contributed by atoms with Crippen LogP contribution in [0.25, 0.3) is 0 Å². The third-order valence-corrected chi connectivity index (χ3v) is 3.65. The summed E-state index contributed by atoms with van der Waals surface area (Å²) in [6, 6.07) is 16.9. The van der Waals surface area contributed by atoms with Crippen LogP contribution in [0.4, 0.5) is 8.78 Å². The highest BCUT2D eigenvalue weighted by molar-refractivity contribution is 5.25. The highest BCUT2D eigenvalue weighted by atomic mass is 19.3. The zero-order valence-electron chi connectivity index (χ0n) is 12.4. The molecule has 0 radical (unpaired) electrons. The molecular formula is C18H21F2N. The number of hydrogen-bond donors (Lipinski definition) is 1. The van der Waals surface area contributed by atoms with Gasteiger partial charge in [0.1, 0.15) is 0 Å². The molecule has 0 aliphatic carbocycles. The van der Waals surface area contributed by atoms with Crippen molar-refractivity contribution in [1.82, 2.24) is 5.32 Å². The highest BCUT2D eigenvalue weighted by Crippen LogP contribution is 2.22. The summed E-state index contributed by atoms with van der Waals surface area (Å²) in [4.78, 5) is 0. The average Bonchev–Trinajstić information content (AvgIpc) is 2.48. The molecule has 1 N–H and O–H groups in total. The van der Waals surface area contributed by atoms with Gasteiger partial charge in [0.25, 0.3) is 6.43 Å². The van der Waals surface area contributed by atoms with Crippen LogP contribution in [0.15, 0.2) is 54.6 Å². The van der Waals surface area contributed by atoms with Crippen LogP contribution in [0.5, 0.6) is 0 Å². The maximum Gasteiger partial charge on any atom is 0.263 e. The van der Waals surface area contributed by atoms with E-state index in [-0.39, 0.29) is 11.0 Å². The van der Waals surface area contributed by atoms with Crippen molar-refractivity contribution in [3.8, 4) is 0 Å². The maximum absolute atomic E-state index is 12.7. The molecule has 0 unspecified atom stereocenters. The molecule has 2 aromatic carbocycles. The lowest BCUT2D eigenvalue weighted by molar-refractivity contribution is 0.151. The van der Waals surface area contributed by atoms with Gasteiger partial charge >= 0.3 is 0 Å². The molecule has 0 fully saturated rings. The quantitative estimate of drug-likeness (QED) is 0.813. The summed E-state index contributed by atoms with van der Waals surface area (Å²) in [5.41, 5.74) is 2.23. The highest BCUT2D eigenvalue weighted by Gasteiger charge is 2.19. The molecule has 2 aromatic rings. The molecule has 21 heavy (non-hydrogen) atoms. The predicted octanol–water partition coefficient (Wildman–Crippen LogP) is 4.69. The summed E-state index contributed by atoms with van der Waals surface area (Å²) >= 11 is 0. The van der Waals surface area contributed by atoms with E-state index in [1.807, 2.05) is 24.3 Å². The second-order valence-corrected chi connectivity index (χ2v) is 5.90. The zero-order chi connectivity index (χ0) is 15.3. The Bertz CT molecular complexity index is 564. The number of rotatable bonds is 6. The van der Waals surface area contributed by atoms with E-state index in [1.54, 1.807) is 12.1 Å². The minimum Gasteiger partial charge on any atom is -0.312 e. The first-order chi connectivity index (χ1) is 9.99. The normalized spacial score (nSPS) is 11.9. The number of nitrogens with one attached hydrogen (secondary N) is 1. The fraction of sp³-hybridized carbons (Fsp3) is 0.333. The SMILES string of the molecule is CC(C)(CNCc1cccc(C(F)F)c1)c1ccccc1. The van der Waals surface area contributed by atoms with E-state index in [9.17, 15) is 8.78 Å². The largest absolute Gasteiger partial charge is 0.312 e. The van der Waals surface area contributed by atoms with E-state index in [4.69, 9.17) is 0 Å². The monoisotopic (exact) mass is 289 g/mol. The molecule has 0 bridgehead atoms. The summed E-state index contributed by atoms with van der Waals surface area (Å²) in [5, 5.41) is 3.36. The van der Waals surface area contributed by atoms with E-state index >= 15 is 0 Å². The lowest BCUT2D eigenvalue weighted by Crippen LogP contribution is -2.32. The van der Waals surface area contributed by atoms with Gasteiger partial charge in [0.15, 0.2) is 0 Å². The molecule has 0 heterocycles. The summed E-state index contributed by atoms with van der Waals surface area (Å²) in [7, 11) is 0. The number of hydrogen-bond acceptors (Lipinski definition) is 1. The zero-order valence-corrected chi connectivity index (χ0v) is 12.4. The number of halogens is 2. The lowest BCUT2D eigenvalue weighted by atomic mass is 9.84. The van der Waals surface area contributed by atoms with Crippen LogP contribution in [0.1, 0.15) is 37.0 Å². The Morgan fingerprint density at radius 1 is 1.00 bits per heavy atom. The van der Waals surface area contributed by atoms with E-state index < -0.39 is 6.43 Å². The van der Waals surface area contributed by atoms with Crippen LogP contribution in [0, 0.1) is 0 Å². The molecule has 0 amide bonds. The average molecular weight is 289 g/mol. The van der Waals surface area contributed by atoms with Crippen LogP contribution >= 0.6 is 0 Å². The first-order valence-corrected chi connectivity index (χ1v) is 7.12. The molecule has 2 rings (SSSR count). The number of alkyl halides is 2. The van der Waals surface area contributed by atoms with Gasteiger partial charge in [-0.15, -0.1) is 0 Å². The molecule has 0 atom stereocenters. The molecule has 0 spiro atoms. The van der Waals surface area contributed by atoms with Crippen LogP contribution in [-0.2, 0) is 12.0 Å². The standard InChI is InChI=1S/C18H21F2N/c1-18(2,16-9-4-3-5-10-16)13-21-12-14-7-6-8-15(11-14)17(19)20/h3-11,17,21H,12-13H2,1-2H3.